The van der Waals surface area contributed by atoms with E-state index in [9.17, 15) is 4.79 Å². The molecule has 0 atom stereocenters. The number of hydrogen-bond donors (Lipinski definition) is 2. The molecule has 0 aliphatic carbocycles. The predicted molar refractivity (Wildman–Crippen MR) is 45.1 cm³/mol. The summed E-state index contributed by atoms with van der Waals surface area (Å²) in [6, 6.07) is 0. The van der Waals surface area contributed by atoms with E-state index in [0.717, 1.165) is 0 Å². The van der Waals surface area contributed by atoms with Gasteiger partial charge in [-0.3, -0.25) is 0 Å². The maximum atomic E-state index is 10.9. The third kappa shape index (κ3) is 1.33. The van der Waals surface area contributed by atoms with Gasteiger partial charge < -0.3 is 20.9 Å². The minimum absolute atomic E-state index is 0.0408. The fourth-order valence-corrected chi connectivity index (χ4v) is 1.10. The molecular weight excluding hydrogens is 188 g/mol. The van der Waals surface area contributed by atoms with Gasteiger partial charge in [0.25, 0.3) is 0 Å². The first-order valence-electron chi connectivity index (χ1n) is 3.90. The standard InChI is InChI=1S/C7H8N4O3/c8-1-3-5(9)10-4-2-13-7(12)14-6(3)11-4/h1-2,8H2,(H2,9,10,11). The molecule has 0 saturated heterocycles. The number of nitrogens with zero attached hydrogens (tertiary/aromatic N) is 2. The number of hydrogen-bond acceptors (Lipinski definition) is 7. The van der Waals surface area contributed by atoms with Crippen LogP contribution in [0.4, 0.5) is 10.6 Å². The highest BCUT2D eigenvalue weighted by atomic mass is 16.7. The highest BCUT2D eigenvalue weighted by Crippen LogP contribution is 2.23. The van der Waals surface area contributed by atoms with E-state index in [4.69, 9.17) is 16.2 Å². The lowest BCUT2D eigenvalue weighted by atomic mass is 10.3. The van der Waals surface area contributed by atoms with Gasteiger partial charge in [-0.25, -0.2) is 9.78 Å². The highest BCUT2D eigenvalue weighted by Gasteiger charge is 2.20. The van der Waals surface area contributed by atoms with Crippen molar-refractivity contribution in [2.45, 2.75) is 13.2 Å². The van der Waals surface area contributed by atoms with Crippen molar-refractivity contribution in [1.29, 1.82) is 0 Å². The predicted octanol–water partition coefficient (Wildman–Crippen LogP) is -0.454. The van der Waals surface area contributed by atoms with Crippen LogP contribution >= 0.6 is 0 Å². The number of nitrogens with two attached hydrogens (primary N) is 2. The lowest BCUT2D eigenvalue weighted by Crippen LogP contribution is -2.11. The van der Waals surface area contributed by atoms with Gasteiger partial charge in [0, 0.05) is 6.54 Å². The SMILES string of the molecule is NCc1c(N)nc2nc1OC(=O)OC2. The first-order valence-corrected chi connectivity index (χ1v) is 3.90. The summed E-state index contributed by atoms with van der Waals surface area (Å²) < 4.78 is 9.37. The second-order valence-corrected chi connectivity index (χ2v) is 2.65. The van der Waals surface area contributed by atoms with E-state index in [-0.39, 0.29) is 24.8 Å². The maximum absolute atomic E-state index is 10.9. The molecule has 7 heteroatoms. The topological polar surface area (TPSA) is 113 Å². The summed E-state index contributed by atoms with van der Waals surface area (Å²) in [5.41, 5.74) is 11.4. The van der Waals surface area contributed by atoms with Crippen molar-refractivity contribution in [3.8, 4) is 5.88 Å². The fourth-order valence-electron chi connectivity index (χ4n) is 1.10. The molecule has 7 nitrogen and oxygen atoms in total. The van der Waals surface area contributed by atoms with Crippen LogP contribution in [0.15, 0.2) is 0 Å². The first-order chi connectivity index (χ1) is 6.70. The second-order valence-electron chi connectivity index (χ2n) is 2.65. The van der Waals surface area contributed by atoms with Crippen LogP contribution in [-0.4, -0.2) is 16.1 Å². The second kappa shape index (κ2) is 3.11. The van der Waals surface area contributed by atoms with Gasteiger partial charge in [-0.1, -0.05) is 0 Å². The summed E-state index contributed by atoms with van der Waals surface area (Å²) in [6.45, 7) is 0.0651. The molecule has 0 saturated carbocycles. The fraction of sp³-hybridized carbons (Fsp3) is 0.286. The Kier molecular flexibility index (Phi) is 1.93. The monoisotopic (exact) mass is 196 g/mol. The molecule has 74 valence electrons. The number of fused-ring (bicyclic) bond motifs is 2. The average Bonchev–Trinajstić information content (AvgIpc) is 2.27. The summed E-state index contributed by atoms with van der Waals surface area (Å²) in [7, 11) is 0. The quantitative estimate of drug-likeness (QED) is 0.584. The Balaban J connectivity index is 2.53. The molecule has 0 radical (unpaired) electrons. The van der Waals surface area contributed by atoms with Crippen LogP contribution in [0.2, 0.25) is 0 Å². The Labute approximate surface area is 79.0 Å². The van der Waals surface area contributed by atoms with E-state index in [1.165, 1.54) is 0 Å². The van der Waals surface area contributed by atoms with Crippen LogP contribution in [0.3, 0.4) is 0 Å². The van der Waals surface area contributed by atoms with Crippen LogP contribution in [0, 0.1) is 0 Å². The lowest BCUT2D eigenvalue weighted by Gasteiger charge is -2.05. The summed E-state index contributed by atoms with van der Waals surface area (Å²) >= 11 is 0. The molecule has 4 N–H and O–H groups in total. The van der Waals surface area contributed by atoms with Gasteiger partial charge in [0.1, 0.15) is 5.82 Å². The van der Waals surface area contributed by atoms with Gasteiger partial charge >= 0.3 is 6.16 Å². The maximum Gasteiger partial charge on any atom is 0.515 e. The zero-order valence-electron chi connectivity index (χ0n) is 7.19. The molecule has 2 rings (SSSR count). The number of carbonyl (C=O) groups excluding carboxylic acids is 1. The Morgan fingerprint density at radius 1 is 1.43 bits per heavy atom. The first kappa shape index (κ1) is 8.70. The largest absolute Gasteiger partial charge is 0.515 e. The normalized spacial score (nSPS) is 14.2. The minimum atomic E-state index is -0.824. The number of nitrogen functional groups attached to an aromatic ring is 1. The van der Waals surface area contributed by atoms with Crippen LogP contribution in [0.25, 0.3) is 0 Å². The molecule has 0 amide bonds. The molecule has 0 spiro atoms. The Morgan fingerprint density at radius 2 is 2.21 bits per heavy atom. The molecule has 1 aliphatic heterocycles. The van der Waals surface area contributed by atoms with Gasteiger partial charge in [-0.15, -0.1) is 0 Å². The van der Waals surface area contributed by atoms with Crippen LogP contribution < -0.4 is 16.2 Å². The molecule has 1 aromatic heterocycles. The Bertz CT molecular complexity index is 393. The lowest BCUT2D eigenvalue weighted by molar-refractivity contribution is 0.0957. The van der Waals surface area contributed by atoms with Crippen LogP contribution in [0.1, 0.15) is 11.4 Å². The smallest absolute Gasteiger partial charge is 0.426 e. The van der Waals surface area contributed by atoms with Crippen molar-refractivity contribution < 1.29 is 14.3 Å². The van der Waals surface area contributed by atoms with Gasteiger partial charge in [-0.2, -0.15) is 4.98 Å². The number of aromatic nitrogens is 2. The average molecular weight is 196 g/mol. The summed E-state index contributed by atoms with van der Waals surface area (Å²) in [5.74, 6) is 0.601. The van der Waals surface area contributed by atoms with Gasteiger partial charge in [0.2, 0.25) is 5.88 Å². The highest BCUT2D eigenvalue weighted by molar-refractivity contribution is 5.65. The van der Waals surface area contributed by atoms with Gasteiger partial charge in [0.05, 0.1) is 5.56 Å². The van der Waals surface area contributed by atoms with Crippen molar-refractivity contribution in [3.05, 3.63) is 11.4 Å². The zero-order chi connectivity index (χ0) is 10.1. The van der Waals surface area contributed by atoms with Crippen molar-refractivity contribution in [2.75, 3.05) is 5.73 Å². The minimum Gasteiger partial charge on any atom is -0.426 e. The molecular formula is C7H8N4O3. The molecule has 2 heterocycles. The number of ether oxygens (including phenoxy) is 2. The van der Waals surface area contributed by atoms with Crippen LogP contribution in [0.5, 0.6) is 5.88 Å². The van der Waals surface area contributed by atoms with E-state index in [0.29, 0.717) is 11.4 Å². The number of anilines is 1. The summed E-state index contributed by atoms with van der Waals surface area (Å²) in [4.78, 5) is 18.7. The molecule has 0 unspecified atom stereocenters. The van der Waals surface area contributed by atoms with Crippen molar-refractivity contribution in [1.82, 2.24) is 9.97 Å². The number of cyclic esters (lactones) is 1. The van der Waals surface area contributed by atoms with E-state index < -0.39 is 6.16 Å². The number of rotatable bonds is 1. The molecule has 1 aromatic rings. The van der Waals surface area contributed by atoms with E-state index >= 15 is 0 Å². The molecule has 1 aliphatic rings. The summed E-state index contributed by atoms with van der Waals surface area (Å²) in [6.07, 6.45) is -0.824. The van der Waals surface area contributed by atoms with Gasteiger partial charge in [0.15, 0.2) is 12.4 Å². The van der Waals surface area contributed by atoms with Gasteiger partial charge in [-0.05, 0) is 0 Å². The third-order valence-electron chi connectivity index (χ3n) is 1.75. The summed E-state index contributed by atoms with van der Waals surface area (Å²) in [5, 5.41) is 0. The third-order valence-corrected chi connectivity index (χ3v) is 1.75. The Morgan fingerprint density at radius 3 is 2.93 bits per heavy atom. The van der Waals surface area contributed by atoms with Crippen molar-refractivity contribution in [2.24, 2.45) is 5.73 Å². The van der Waals surface area contributed by atoms with Crippen molar-refractivity contribution >= 4 is 12.0 Å². The zero-order valence-corrected chi connectivity index (χ0v) is 7.19. The van der Waals surface area contributed by atoms with E-state index in [1.807, 2.05) is 0 Å². The molecule has 14 heavy (non-hydrogen) atoms. The Hall–Kier alpha value is -1.89. The van der Waals surface area contributed by atoms with Crippen molar-refractivity contribution in [3.63, 3.8) is 0 Å². The molecule has 0 fully saturated rings. The van der Waals surface area contributed by atoms with Crippen LogP contribution in [-0.2, 0) is 17.9 Å². The van der Waals surface area contributed by atoms with E-state index in [2.05, 4.69) is 14.7 Å². The molecule has 2 bridgehead atoms. The molecule has 0 aromatic carbocycles. The number of carbonyl (C=O) groups is 1. The van der Waals surface area contributed by atoms with E-state index in [1.54, 1.807) is 0 Å².